The summed E-state index contributed by atoms with van der Waals surface area (Å²) in [5.41, 5.74) is 1.56. The number of nitrogens with zero attached hydrogens (tertiary/aromatic N) is 3. The monoisotopic (exact) mass is 219 g/mol. The van der Waals surface area contributed by atoms with Gasteiger partial charge in [0, 0.05) is 35.6 Å². The molecule has 0 atom stereocenters. The van der Waals surface area contributed by atoms with E-state index in [1.165, 1.54) is 0 Å². The van der Waals surface area contributed by atoms with Crippen LogP contribution < -0.4 is 0 Å². The van der Waals surface area contributed by atoms with E-state index in [1.807, 2.05) is 53.5 Å². The summed E-state index contributed by atoms with van der Waals surface area (Å²) in [6.45, 7) is 0. The van der Waals surface area contributed by atoms with E-state index < -0.39 is 0 Å². The van der Waals surface area contributed by atoms with Gasteiger partial charge >= 0.3 is 0 Å². The summed E-state index contributed by atoms with van der Waals surface area (Å²) < 4.78 is 1.96. The van der Waals surface area contributed by atoms with Crippen molar-refractivity contribution in [1.29, 1.82) is 5.26 Å². The Morgan fingerprint density at radius 3 is 2.71 bits per heavy atom. The number of benzene rings is 1. The van der Waals surface area contributed by atoms with E-state index in [2.05, 4.69) is 11.1 Å². The van der Waals surface area contributed by atoms with Crippen molar-refractivity contribution < 1.29 is 0 Å². The summed E-state index contributed by atoms with van der Waals surface area (Å²) in [7, 11) is 0. The zero-order valence-electron chi connectivity index (χ0n) is 9.04. The number of aromatic nitrogens is 2. The largest absolute Gasteiger partial charge is 0.321 e. The molecular formula is C14H9N3. The average molecular weight is 219 g/mol. The molecule has 0 fully saturated rings. The second kappa shape index (κ2) is 3.76. The standard InChI is InChI=1S/C14H9N3/c15-7-11-3-1-2-4-14(11)17-9-12-5-6-16-8-13(12)10-17/h1-6,8-10H. The third kappa shape index (κ3) is 1.56. The molecule has 0 saturated carbocycles. The van der Waals surface area contributed by atoms with Crippen LogP contribution in [0, 0.1) is 11.3 Å². The Labute approximate surface area is 98.6 Å². The van der Waals surface area contributed by atoms with Crippen molar-refractivity contribution in [3.8, 4) is 11.8 Å². The number of para-hydroxylation sites is 1. The highest BCUT2D eigenvalue weighted by Crippen LogP contribution is 2.19. The highest BCUT2D eigenvalue weighted by Gasteiger charge is 2.04. The topological polar surface area (TPSA) is 41.6 Å². The predicted molar refractivity (Wildman–Crippen MR) is 65.8 cm³/mol. The summed E-state index contributed by atoms with van der Waals surface area (Å²) >= 11 is 0. The fraction of sp³-hybridized carbons (Fsp3) is 0. The molecule has 2 heterocycles. The highest BCUT2D eigenvalue weighted by atomic mass is 14.9. The Balaban J connectivity index is 2.25. The Morgan fingerprint density at radius 2 is 1.88 bits per heavy atom. The van der Waals surface area contributed by atoms with Gasteiger partial charge in [0.25, 0.3) is 0 Å². The van der Waals surface area contributed by atoms with Gasteiger partial charge in [-0.15, -0.1) is 0 Å². The molecule has 3 rings (SSSR count). The minimum atomic E-state index is 0.667. The van der Waals surface area contributed by atoms with Crippen LogP contribution in [0.15, 0.2) is 55.1 Å². The molecule has 3 heteroatoms. The number of hydrogen-bond acceptors (Lipinski definition) is 2. The van der Waals surface area contributed by atoms with Gasteiger partial charge in [0.2, 0.25) is 0 Å². The average Bonchev–Trinajstić information content (AvgIpc) is 2.82. The lowest BCUT2D eigenvalue weighted by atomic mass is 10.2. The normalized spacial score (nSPS) is 10.3. The van der Waals surface area contributed by atoms with Crippen LogP contribution in [0.4, 0.5) is 0 Å². The molecule has 3 aromatic rings. The molecule has 80 valence electrons. The Bertz CT molecular complexity index is 686. The third-order valence-corrected chi connectivity index (χ3v) is 2.75. The maximum Gasteiger partial charge on any atom is 0.101 e. The molecule has 0 aliphatic heterocycles. The summed E-state index contributed by atoms with van der Waals surface area (Å²) in [6.07, 6.45) is 7.58. The first kappa shape index (κ1) is 9.61. The van der Waals surface area contributed by atoms with Crippen LogP contribution in [0.3, 0.4) is 0 Å². The summed E-state index contributed by atoms with van der Waals surface area (Å²) in [6, 6.07) is 11.7. The third-order valence-electron chi connectivity index (χ3n) is 2.75. The van der Waals surface area contributed by atoms with Crippen LogP contribution in [0.25, 0.3) is 16.5 Å². The molecule has 0 aliphatic carbocycles. The lowest BCUT2D eigenvalue weighted by molar-refractivity contribution is 1.08. The Hall–Kier alpha value is -2.60. The molecule has 0 unspecified atom stereocenters. The summed E-state index contributed by atoms with van der Waals surface area (Å²) in [4.78, 5) is 4.08. The molecule has 0 N–H and O–H groups in total. The zero-order chi connectivity index (χ0) is 11.7. The fourth-order valence-corrected chi connectivity index (χ4v) is 1.91. The van der Waals surface area contributed by atoms with Crippen molar-refractivity contribution in [1.82, 2.24) is 9.55 Å². The molecule has 0 aliphatic rings. The molecule has 0 spiro atoms. The molecular weight excluding hydrogens is 210 g/mol. The van der Waals surface area contributed by atoms with Crippen LogP contribution in [-0.4, -0.2) is 9.55 Å². The molecule has 0 bridgehead atoms. The Kier molecular flexibility index (Phi) is 2.13. The second-order valence-corrected chi connectivity index (χ2v) is 3.80. The van der Waals surface area contributed by atoms with Crippen LogP contribution in [0.1, 0.15) is 5.56 Å². The van der Waals surface area contributed by atoms with Crippen molar-refractivity contribution in [2.75, 3.05) is 0 Å². The van der Waals surface area contributed by atoms with Crippen LogP contribution >= 0.6 is 0 Å². The minimum absolute atomic E-state index is 0.667. The molecule has 3 nitrogen and oxygen atoms in total. The maximum atomic E-state index is 9.08. The first-order valence-electron chi connectivity index (χ1n) is 5.30. The van der Waals surface area contributed by atoms with Gasteiger partial charge < -0.3 is 4.57 Å². The lowest BCUT2D eigenvalue weighted by Gasteiger charge is -2.03. The molecule has 1 aromatic carbocycles. The van der Waals surface area contributed by atoms with E-state index in [0.29, 0.717) is 5.56 Å². The molecule has 17 heavy (non-hydrogen) atoms. The van der Waals surface area contributed by atoms with Gasteiger partial charge in [0.1, 0.15) is 6.07 Å². The first-order chi connectivity index (χ1) is 8.38. The van der Waals surface area contributed by atoms with Crippen molar-refractivity contribution >= 4 is 10.8 Å². The van der Waals surface area contributed by atoms with Crippen LogP contribution in [0.2, 0.25) is 0 Å². The van der Waals surface area contributed by atoms with Gasteiger partial charge in [0.15, 0.2) is 0 Å². The van der Waals surface area contributed by atoms with E-state index in [1.54, 1.807) is 6.20 Å². The van der Waals surface area contributed by atoms with Gasteiger partial charge in [-0.2, -0.15) is 5.26 Å². The predicted octanol–water partition coefficient (Wildman–Crippen LogP) is 2.90. The van der Waals surface area contributed by atoms with Crippen molar-refractivity contribution in [2.24, 2.45) is 0 Å². The SMILES string of the molecule is N#Cc1ccccc1-n1cc2ccncc2c1. The lowest BCUT2D eigenvalue weighted by Crippen LogP contribution is -1.92. The summed E-state index contributed by atoms with van der Waals surface area (Å²) in [5.74, 6) is 0. The second-order valence-electron chi connectivity index (χ2n) is 3.80. The van der Waals surface area contributed by atoms with E-state index in [4.69, 9.17) is 5.26 Å². The molecule has 0 amide bonds. The quantitative estimate of drug-likeness (QED) is 0.631. The summed E-state index contributed by atoms with van der Waals surface area (Å²) in [5, 5.41) is 11.3. The molecule has 0 radical (unpaired) electrons. The van der Waals surface area contributed by atoms with Crippen LogP contribution in [-0.2, 0) is 0 Å². The first-order valence-corrected chi connectivity index (χ1v) is 5.30. The highest BCUT2D eigenvalue weighted by molar-refractivity contribution is 5.82. The van der Waals surface area contributed by atoms with Gasteiger partial charge in [-0.05, 0) is 18.2 Å². The number of rotatable bonds is 1. The van der Waals surface area contributed by atoms with Gasteiger partial charge in [-0.3, -0.25) is 4.98 Å². The van der Waals surface area contributed by atoms with E-state index >= 15 is 0 Å². The maximum absolute atomic E-state index is 9.08. The van der Waals surface area contributed by atoms with E-state index in [9.17, 15) is 0 Å². The minimum Gasteiger partial charge on any atom is -0.321 e. The Morgan fingerprint density at radius 1 is 1.06 bits per heavy atom. The van der Waals surface area contributed by atoms with Gasteiger partial charge in [-0.25, -0.2) is 0 Å². The smallest absolute Gasteiger partial charge is 0.101 e. The zero-order valence-corrected chi connectivity index (χ0v) is 9.04. The van der Waals surface area contributed by atoms with Crippen molar-refractivity contribution in [2.45, 2.75) is 0 Å². The number of pyridine rings is 1. The van der Waals surface area contributed by atoms with E-state index in [0.717, 1.165) is 16.5 Å². The fourth-order valence-electron chi connectivity index (χ4n) is 1.91. The van der Waals surface area contributed by atoms with Crippen LogP contribution in [0.5, 0.6) is 0 Å². The van der Waals surface area contributed by atoms with Crippen molar-refractivity contribution in [3.63, 3.8) is 0 Å². The molecule has 2 aromatic heterocycles. The van der Waals surface area contributed by atoms with Gasteiger partial charge in [0.05, 0.1) is 11.3 Å². The van der Waals surface area contributed by atoms with Gasteiger partial charge in [-0.1, -0.05) is 12.1 Å². The van der Waals surface area contributed by atoms with Crippen molar-refractivity contribution in [3.05, 3.63) is 60.7 Å². The molecule has 0 saturated heterocycles. The number of fused-ring (bicyclic) bond motifs is 1. The number of nitriles is 1. The number of hydrogen-bond donors (Lipinski definition) is 0. The van der Waals surface area contributed by atoms with E-state index in [-0.39, 0.29) is 0 Å².